The van der Waals surface area contributed by atoms with E-state index in [2.05, 4.69) is 24.1 Å². The van der Waals surface area contributed by atoms with Crippen molar-refractivity contribution >= 4 is 22.3 Å². The summed E-state index contributed by atoms with van der Waals surface area (Å²) < 4.78 is 0. The maximum absolute atomic E-state index is 9.06. The summed E-state index contributed by atoms with van der Waals surface area (Å²) in [5.41, 5.74) is 8.19. The molecule has 96 valence electrons. The Bertz CT molecular complexity index is 552. The van der Waals surface area contributed by atoms with Crippen LogP contribution in [0.1, 0.15) is 20.3 Å². The Labute approximate surface area is 107 Å². The van der Waals surface area contributed by atoms with E-state index in [1.807, 2.05) is 24.3 Å². The molecule has 4 heteroatoms. The molecule has 2 rings (SSSR count). The van der Waals surface area contributed by atoms with Crippen LogP contribution in [-0.2, 0) is 0 Å². The van der Waals surface area contributed by atoms with Crippen LogP contribution in [0.25, 0.3) is 10.9 Å². The summed E-state index contributed by atoms with van der Waals surface area (Å²) in [7, 11) is 0. The predicted molar refractivity (Wildman–Crippen MR) is 75.6 cm³/mol. The first-order valence-electron chi connectivity index (χ1n) is 6.05. The normalized spacial score (nSPS) is 11.7. The molecule has 0 atom stereocenters. The summed E-state index contributed by atoms with van der Waals surface area (Å²) in [6, 6.07) is 7.64. The molecule has 0 aliphatic heterocycles. The second kappa shape index (κ2) is 4.82. The topological polar surface area (TPSA) is 71.2 Å². The fraction of sp³-hybridized carbons (Fsp3) is 0.357. The SMILES string of the molecule is CC(C)(CCO)Nc1ccnc2cc(N)ccc12. The monoisotopic (exact) mass is 245 g/mol. The van der Waals surface area contributed by atoms with Crippen LogP contribution in [0.3, 0.4) is 0 Å². The number of aliphatic hydroxyl groups excluding tert-OH is 1. The van der Waals surface area contributed by atoms with Crippen molar-refractivity contribution in [2.45, 2.75) is 25.8 Å². The number of nitrogens with two attached hydrogens (primary N) is 1. The zero-order valence-electron chi connectivity index (χ0n) is 10.8. The standard InChI is InChI=1S/C14H19N3O/c1-14(2,6-8-18)17-12-5-7-16-13-9-10(15)3-4-11(12)13/h3-5,7,9,18H,6,8,15H2,1-2H3,(H,16,17). The minimum atomic E-state index is -0.162. The van der Waals surface area contributed by atoms with Gasteiger partial charge < -0.3 is 16.2 Å². The zero-order valence-corrected chi connectivity index (χ0v) is 10.8. The molecule has 4 nitrogen and oxygen atoms in total. The highest BCUT2D eigenvalue weighted by molar-refractivity contribution is 5.92. The smallest absolute Gasteiger partial charge is 0.0743 e. The number of fused-ring (bicyclic) bond motifs is 1. The van der Waals surface area contributed by atoms with Crippen molar-refractivity contribution in [1.29, 1.82) is 0 Å². The number of anilines is 2. The van der Waals surface area contributed by atoms with Crippen LogP contribution in [0.5, 0.6) is 0 Å². The summed E-state index contributed by atoms with van der Waals surface area (Å²) in [5.74, 6) is 0. The first-order valence-corrected chi connectivity index (χ1v) is 6.05. The van der Waals surface area contributed by atoms with Crippen LogP contribution in [0.4, 0.5) is 11.4 Å². The molecule has 0 saturated heterocycles. The van der Waals surface area contributed by atoms with E-state index in [4.69, 9.17) is 10.8 Å². The van der Waals surface area contributed by atoms with Gasteiger partial charge in [0.25, 0.3) is 0 Å². The van der Waals surface area contributed by atoms with Gasteiger partial charge in [0, 0.05) is 35.1 Å². The van der Waals surface area contributed by atoms with Crippen LogP contribution in [0.2, 0.25) is 0 Å². The Morgan fingerprint density at radius 1 is 1.33 bits per heavy atom. The number of hydrogen-bond acceptors (Lipinski definition) is 4. The number of nitrogens with zero attached hydrogens (tertiary/aromatic N) is 1. The van der Waals surface area contributed by atoms with Gasteiger partial charge in [-0.05, 0) is 44.5 Å². The molecule has 2 aromatic rings. The second-order valence-electron chi connectivity index (χ2n) is 5.12. The zero-order chi connectivity index (χ0) is 13.2. The lowest BCUT2D eigenvalue weighted by Gasteiger charge is -2.27. The number of nitrogens with one attached hydrogen (secondary N) is 1. The summed E-state index contributed by atoms with van der Waals surface area (Å²) in [6.45, 7) is 4.29. The number of aliphatic hydroxyl groups is 1. The van der Waals surface area contributed by atoms with Crippen molar-refractivity contribution in [3.63, 3.8) is 0 Å². The van der Waals surface area contributed by atoms with Gasteiger partial charge in [0.05, 0.1) is 5.52 Å². The first-order chi connectivity index (χ1) is 8.52. The molecule has 0 amide bonds. The van der Waals surface area contributed by atoms with Gasteiger partial charge >= 0.3 is 0 Å². The van der Waals surface area contributed by atoms with Gasteiger partial charge in [0.15, 0.2) is 0 Å². The van der Waals surface area contributed by atoms with E-state index in [1.54, 1.807) is 6.20 Å². The molecule has 4 N–H and O–H groups in total. The van der Waals surface area contributed by atoms with Gasteiger partial charge in [-0.15, -0.1) is 0 Å². The lowest BCUT2D eigenvalue weighted by atomic mass is 10.00. The van der Waals surface area contributed by atoms with E-state index >= 15 is 0 Å². The Morgan fingerprint density at radius 3 is 2.83 bits per heavy atom. The lowest BCUT2D eigenvalue weighted by molar-refractivity contribution is 0.261. The van der Waals surface area contributed by atoms with Gasteiger partial charge in [0.1, 0.15) is 0 Å². The Morgan fingerprint density at radius 2 is 2.11 bits per heavy atom. The van der Waals surface area contributed by atoms with Crippen LogP contribution in [0.15, 0.2) is 30.5 Å². The molecular formula is C14H19N3O. The van der Waals surface area contributed by atoms with Crippen molar-refractivity contribution in [2.75, 3.05) is 17.7 Å². The molecule has 0 aliphatic carbocycles. The molecule has 1 aromatic heterocycles. The molecule has 1 aromatic carbocycles. The molecule has 0 aliphatic rings. The summed E-state index contributed by atoms with van der Waals surface area (Å²) >= 11 is 0. The summed E-state index contributed by atoms with van der Waals surface area (Å²) in [5, 5.41) is 13.5. The number of hydrogen-bond donors (Lipinski definition) is 3. The molecule has 0 radical (unpaired) electrons. The molecular weight excluding hydrogens is 226 g/mol. The molecule has 0 unspecified atom stereocenters. The fourth-order valence-electron chi connectivity index (χ4n) is 1.98. The minimum absolute atomic E-state index is 0.162. The average Bonchev–Trinajstić information content (AvgIpc) is 2.28. The summed E-state index contributed by atoms with van der Waals surface area (Å²) in [6.07, 6.45) is 2.45. The van der Waals surface area contributed by atoms with Crippen LogP contribution < -0.4 is 11.1 Å². The van der Waals surface area contributed by atoms with Crippen molar-refractivity contribution in [1.82, 2.24) is 4.98 Å². The van der Waals surface area contributed by atoms with Crippen molar-refractivity contribution < 1.29 is 5.11 Å². The number of aromatic nitrogens is 1. The highest BCUT2D eigenvalue weighted by Gasteiger charge is 2.17. The van der Waals surface area contributed by atoms with Gasteiger partial charge in [-0.2, -0.15) is 0 Å². The first kappa shape index (κ1) is 12.6. The Balaban J connectivity index is 2.39. The number of pyridine rings is 1. The van der Waals surface area contributed by atoms with Crippen LogP contribution in [-0.4, -0.2) is 22.2 Å². The van der Waals surface area contributed by atoms with Crippen molar-refractivity contribution in [3.05, 3.63) is 30.5 Å². The van der Waals surface area contributed by atoms with Gasteiger partial charge in [0.2, 0.25) is 0 Å². The van der Waals surface area contributed by atoms with Gasteiger partial charge in [-0.25, -0.2) is 0 Å². The third-order valence-electron chi connectivity index (χ3n) is 2.98. The number of benzene rings is 1. The van der Waals surface area contributed by atoms with E-state index in [9.17, 15) is 0 Å². The largest absolute Gasteiger partial charge is 0.399 e. The molecule has 0 fully saturated rings. The van der Waals surface area contributed by atoms with E-state index in [1.165, 1.54) is 0 Å². The Kier molecular flexibility index (Phi) is 3.39. The highest BCUT2D eigenvalue weighted by Crippen LogP contribution is 2.26. The van der Waals surface area contributed by atoms with Gasteiger partial charge in [-0.3, -0.25) is 4.98 Å². The second-order valence-corrected chi connectivity index (χ2v) is 5.12. The van der Waals surface area contributed by atoms with E-state index in [0.29, 0.717) is 12.1 Å². The maximum atomic E-state index is 9.06. The molecule has 0 saturated carbocycles. The third kappa shape index (κ3) is 2.71. The van der Waals surface area contributed by atoms with Crippen LogP contribution in [0, 0.1) is 0 Å². The predicted octanol–water partition coefficient (Wildman–Crippen LogP) is 2.39. The summed E-state index contributed by atoms with van der Waals surface area (Å²) in [4.78, 5) is 4.31. The van der Waals surface area contributed by atoms with Crippen molar-refractivity contribution in [2.24, 2.45) is 0 Å². The number of nitrogen functional groups attached to an aromatic ring is 1. The quantitative estimate of drug-likeness (QED) is 0.723. The van der Waals surface area contributed by atoms with E-state index in [0.717, 1.165) is 16.6 Å². The fourth-order valence-corrected chi connectivity index (χ4v) is 1.98. The third-order valence-corrected chi connectivity index (χ3v) is 2.98. The molecule has 18 heavy (non-hydrogen) atoms. The van der Waals surface area contributed by atoms with E-state index in [-0.39, 0.29) is 12.1 Å². The molecule has 0 bridgehead atoms. The Hall–Kier alpha value is -1.81. The van der Waals surface area contributed by atoms with Gasteiger partial charge in [-0.1, -0.05) is 0 Å². The van der Waals surface area contributed by atoms with Crippen LogP contribution >= 0.6 is 0 Å². The molecule has 1 heterocycles. The highest BCUT2D eigenvalue weighted by atomic mass is 16.3. The minimum Gasteiger partial charge on any atom is -0.399 e. The lowest BCUT2D eigenvalue weighted by Crippen LogP contribution is -2.31. The average molecular weight is 245 g/mol. The maximum Gasteiger partial charge on any atom is 0.0743 e. The molecule has 0 spiro atoms. The van der Waals surface area contributed by atoms with Crippen molar-refractivity contribution in [3.8, 4) is 0 Å². The number of rotatable bonds is 4. The van der Waals surface area contributed by atoms with E-state index < -0.39 is 0 Å².